The lowest BCUT2D eigenvalue weighted by atomic mass is 10.1. The van der Waals surface area contributed by atoms with Gasteiger partial charge in [-0.2, -0.15) is 0 Å². The first-order valence-corrected chi connectivity index (χ1v) is 5.22. The summed E-state index contributed by atoms with van der Waals surface area (Å²) in [5.41, 5.74) is 0.619. The molecule has 1 amide bonds. The molecular formula is C11H12N2O4. The average molecular weight is 236 g/mol. The van der Waals surface area contributed by atoms with Gasteiger partial charge in [-0.05, 0) is 0 Å². The molecule has 0 spiro atoms. The van der Waals surface area contributed by atoms with Gasteiger partial charge in [-0.25, -0.2) is 4.79 Å². The molecule has 0 aliphatic carbocycles. The van der Waals surface area contributed by atoms with Crippen molar-refractivity contribution >= 4 is 17.6 Å². The van der Waals surface area contributed by atoms with E-state index in [-0.39, 0.29) is 29.5 Å². The fourth-order valence-electron chi connectivity index (χ4n) is 1.59. The van der Waals surface area contributed by atoms with Crippen molar-refractivity contribution in [2.45, 2.75) is 26.2 Å². The standard InChI is InChI=1S/C11H12N2O4/c1-5(2)8-4-7(13-17-8)10-6(11(15)16)3-9(14)12-10/h4-5H,3H2,1-2H3,(H,12,14)(H,15,16). The van der Waals surface area contributed by atoms with E-state index in [4.69, 9.17) is 9.63 Å². The van der Waals surface area contributed by atoms with Gasteiger partial charge < -0.3 is 14.9 Å². The molecule has 1 aromatic rings. The maximum absolute atomic E-state index is 11.2. The Labute approximate surface area is 97.3 Å². The van der Waals surface area contributed by atoms with Gasteiger partial charge >= 0.3 is 5.97 Å². The molecule has 0 aromatic carbocycles. The fraction of sp³-hybridized carbons (Fsp3) is 0.364. The third kappa shape index (κ3) is 2.06. The highest BCUT2D eigenvalue weighted by Crippen LogP contribution is 2.25. The summed E-state index contributed by atoms with van der Waals surface area (Å²) in [6.45, 7) is 3.87. The monoisotopic (exact) mass is 236 g/mol. The van der Waals surface area contributed by atoms with Gasteiger partial charge in [0.05, 0.1) is 17.7 Å². The highest BCUT2D eigenvalue weighted by molar-refractivity contribution is 6.08. The third-order valence-electron chi connectivity index (χ3n) is 2.52. The second-order valence-electron chi connectivity index (χ2n) is 4.15. The van der Waals surface area contributed by atoms with Crippen LogP contribution >= 0.6 is 0 Å². The van der Waals surface area contributed by atoms with Gasteiger partial charge in [-0.1, -0.05) is 19.0 Å². The van der Waals surface area contributed by atoms with Crippen molar-refractivity contribution in [3.63, 3.8) is 0 Å². The predicted octanol–water partition coefficient (Wildman–Crippen LogP) is 1.11. The van der Waals surface area contributed by atoms with Crippen LogP contribution in [0.2, 0.25) is 0 Å². The van der Waals surface area contributed by atoms with Crippen molar-refractivity contribution in [1.82, 2.24) is 10.5 Å². The van der Waals surface area contributed by atoms with Crippen LogP contribution in [0.25, 0.3) is 5.70 Å². The summed E-state index contributed by atoms with van der Waals surface area (Å²) in [6.07, 6.45) is -0.130. The minimum atomic E-state index is -1.12. The maximum atomic E-state index is 11.2. The normalized spacial score (nSPS) is 15.6. The number of carbonyl (C=O) groups excluding carboxylic acids is 1. The van der Waals surface area contributed by atoms with Crippen LogP contribution in [0.4, 0.5) is 0 Å². The molecule has 2 rings (SSSR count). The summed E-state index contributed by atoms with van der Waals surface area (Å²) in [5, 5.41) is 15.2. The van der Waals surface area contributed by atoms with Crippen molar-refractivity contribution in [3.8, 4) is 0 Å². The Hall–Kier alpha value is -2.11. The van der Waals surface area contributed by atoms with Crippen LogP contribution in [0.15, 0.2) is 16.2 Å². The summed E-state index contributed by atoms with van der Waals surface area (Å²) in [5.74, 6) is -0.653. The number of nitrogens with one attached hydrogen (secondary N) is 1. The molecule has 0 radical (unpaired) electrons. The van der Waals surface area contributed by atoms with Crippen LogP contribution in [0, 0.1) is 0 Å². The van der Waals surface area contributed by atoms with Crippen molar-refractivity contribution in [3.05, 3.63) is 23.1 Å². The Kier molecular flexibility index (Phi) is 2.71. The van der Waals surface area contributed by atoms with Crippen LogP contribution in [-0.4, -0.2) is 22.1 Å². The summed E-state index contributed by atoms with van der Waals surface area (Å²) in [4.78, 5) is 22.2. The number of hydrogen-bond donors (Lipinski definition) is 2. The SMILES string of the molecule is CC(C)c1cc(C2=C(C(=O)O)CC(=O)N2)no1. The number of hydrogen-bond acceptors (Lipinski definition) is 4. The molecule has 1 aliphatic heterocycles. The molecule has 0 saturated heterocycles. The summed E-state index contributed by atoms with van der Waals surface area (Å²) < 4.78 is 5.07. The van der Waals surface area contributed by atoms with E-state index in [9.17, 15) is 9.59 Å². The molecule has 90 valence electrons. The first-order valence-electron chi connectivity index (χ1n) is 5.22. The molecule has 17 heavy (non-hydrogen) atoms. The molecule has 1 aliphatic rings. The predicted molar refractivity (Wildman–Crippen MR) is 57.9 cm³/mol. The van der Waals surface area contributed by atoms with Gasteiger partial charge in [0, 0.05) is 12.0 Å². The second-order valence-corrected chi connectivity index (χ2v) is 4.15. The van der Waals surface area contributed by atoms with E-state index >= 15 is 0 Å². The van der Waals surface area contributed by atoms with E-state index < -0.39 is 5.97 Å². The number of carboxylic acids is 1. The van der Waals surface area contributed by atoms with Gasteiger partial charge in [-0.15, -0.1) is 0 Å². The van der Waals surface area contributed by atoms with Crippen LogP contribution in [0.1, 0.15) is 37.6 Å². The van der Waals surface area contributed by atoms with Crippen LogP contribution in [-0.2, 0) is 9.59 Å². The summed E-state index contributed by atoms with van der Waals surface area (Å²) >= 11 is 0. The second kappa shape index (κ2) is 4.04. The van der Waals surface area contributed by atoms with E-state index in [0.717, 1.165) is 0 Å². The Bertz CT molecular complexity index is 513. The van der Waals surface area contributed by atoms with Crippen LogP contribution in [0.5, 0.6) is 0 Å². The third-order valence-corrected chi connectivity index (χ3v) is 2.52. The maximum Gasteiger partial charge on any atom is 0.334 e. The topological polar surface area (TPSA) is 92.4 Å². The lowest BCUT2D eigenvalue weighted by molar-refractivity contribution is -0.133. The fourth-order valence-corrected chi connectivity index (χ4v) is 1.59. The zero-order valence-corrected chi connectivity index (χ0v) is 9.48. The number of amides is 1. The molecule has 6 heteroatoms. The summed E-state index contributed by atoms with van der Waals surface area (Å²) in [7, 11) is 0. The average Bonchev–Trinajstić information content (AvgIpc) is 2.82. The van der Waals surface area contributed by atoms with Gasteiger partial charge in [0.1, 0.15) is 11.5 Å². The van der Waals surface area contributed by atoms with E-state index in [1.165, 1.54) is 0 Å². The minimum Gasteiger partial charge on any atom is -0.478 e. The molecule has 2 N–H and O–H groups in total. The van der Waals surface area contributed by atoms with Crippen molar-refractivity contribution in [2.75, 3.05) is 0 Å². The molecule has 0 bridgehead atoms. The lowest BCUT2D eigenvalue weighted by Crippen LogP contribution is -2.14. The Morgan fingerprint density at radius 2 is 2.29 bits per heavy atom. The highest BCUT2D eigenvalue weighted by atomic mass is 16.5. The molecule has 0 fully saturated rings. The van der Waals surface area contributed by atoms with Gasteiger partial charge in [-0.3, -0.25) is 4.79 Å². The van der Waals surface area contributed by atoms with E-state index in [1.807, 2.05) is 13.8 Å². The Morgan fingerprint density at radius 3 is 2.82 bits per heavy atom. The number of carbonyl (C=O) groups is 2. The van der Waals surface area contributed by atoms with Gasteiger partial charge in [0.25, 0.3) is 0 Å². The van der Waals surface area contributed by atoms with E-state index in [1.54, 1.807) is 6.07 Å². The highest BCUT2D eigenvalue weighted by Gasteiger charge is 2.29. The first kappa shape index (κ1) is 11.4. The van der Waals surface area contributed by atoms with E-state index in [2.05, 4.69) is 10.5 Å². The molecular weight excluding hydrogens is 224 g/mol. The summed E-state index contributed by atoms with van der Waals surface area (Å²) in [6, 6.07) is 1.65. The Morgan fingerprint density at radius 1 is 1.59 bits per heavy atom. The van der Waals surface area contributed by atoms with Crippen LogP contribution < -0.4 is 5.32 Å². The lowest BCUT2D eigenvalue weighted by Gasteiger charge is -1.98. The molecule has 6 nitrogen and oxygen atoms in total. The number of aliphatic carboxylic acids is 1. The zero-order valence-electron chi connectivity index (χ0n) is 9.48. The quantitative estimate of drug-likeness (QED) is 0.820. The number of carboxylic acid groups (broad SMARTS) is 1. The number of rotatable bonds is 3. The number of aromatic nitrogens is 1. The van der Waals surface area contributed by atoms with Gasteiger partial charge in [0.2, 0.25) is 5.91 Å². The minimum absolute atomic E-state index is 0.0265. The molecule has 2 heterocycles. The molecule has 0 saturated carbocycles. The smallest absolute Gasteiger partial charge is 0.334 e. The number of nitrogens with zero attached hydrogens (tertiary/aromatic N) is 1. The van der Waals surface area contributed by atoms with Crippen molar-refractivity contribution in [1.29, 1.82) is 0 Å². The molecule has 1 aromatic heterocycles. The van der Waals surface area contributed by atoms with Crippen LogP contribution in [0.3, 0.4) is 0 Å². The van der Waals surface area contributed by atoms with E-state index in [0.29, 0.717) is 11.5 Å². The van der Waals surface area contributed by atoms with Gasteiger partial charge in [0.15, 0.2) is 0 Å². The first-order chi connectivity index (χ1) is 7.99. The van der Waals surface area contributed by atoms with Crippen molar-refractivity contribution < 1.29 is 19.2 Å². The largest absolute Gasteiger partial charge is 0.478 e. The molecule has 0 atom stereocenters. The Balaban J connectivity index is 2.40. The zero-order chi connectivity index (χ0) is 12.6. The molecule has 0 unspecified atom stereocenters. The van der Waals surface area contributed by atoms with Crippen molar-refractivity contribution in [2.24, 2.45) is 0 Å².